The van der Waals surface area contributed by atoms with Crippen molar-refractivity contribution in [3.63, 3.8) is 0 Å². The van der Waals surface area contributed by atoms with Gasteiger partial charge >= 0.3 is 0 Å². The quantitative estimate of drug-likeness (QED) is 0.0497. The molecule has 0 radical (unpaired) electrons. The average Bonchev–Trinajstić information content (AvgIpc) is 3.10. The van der Waals surface area contributed by atoms with Gasteiger partial charge in [0.25, 0.3) is 5.91 Å². The van der Waals surface area contributed by atoms with Gasteiger partial charge in [0.1, 0.15) is 0 Å². The number of carbonyl (C=O) groups is 2. The Morgan fingerprint density at radius 1 is 1.00 bits per heavy atom. The molecule has 15 heteroatoms. The van der Waals surface area contributed by atoms with Crippen LogP contribution >= 0.6 is 34.8 Å². The van der Waals surface area contributed by atoms with E-state index < -0.39 is 0 Å². The summed E-state index contributed by atoms with van der Waals surface area (Å²) in [5.41, 5.74) is 18.5. The Morgan fingerprint density at radius 3 is 2.06 bits per heavy atom. The Morgan fingerprint density at radius 2 is 1.60 bits per heavy atom. The van der Waals surface area contributed by atoms with E-state index in [1.165, 1.54) is 17.0 Å². The zero-order valence-corrected chi connectivity index (χ0v) is 32.7. The highest BCUT2D eigenvalue weighted by Crippen LogP contribution is 2.26. The summed E-state index contributed by atoms with van der Waals surface area (Å²) >= 11 is 18.2. The molecule has 12 nitrogen and oxygen atoms in total. The molecule has 2 aromatic rings. The highest BCUT2D eigenvalue weighted by atomic mass is 35.5. The van der Waals surface area contributed by atoms with Crippen LogP contribution in [0, 0.1) is 5.92 Å². The van der Waals surface area contributed by atoms with E-state index in [4.69, 9.17) is 67.2 Å². The number of hydrogen-bond acceptors (Lipinski definition) is 9. The second kappa shape index (κ2) is 29.6. The molecule has 0 spiro atoms. The van der Waals surface area contributed by atoms with Crippen molar-refractivity contribution in [2.45, 2.75) is 78.2 Å². The first-order chi connectivity index (χ1) is 23.8. The molecule has 2 amide bonds. The molecule has 0 fully saturated rings. The van der Waals surface area contributed by atoms with E-state index in [-0.39, 0.29) is 36.7 Å². The van der Waals surface area contributed by atoms with Gasteiger partial charge < -0.3 is 42.6 Å². The minimum atomic E-state index is -0.309. The maximum absolute atomic E-state index is 13.0. The summed E-state index contributed by atoms with van der Waals surface area (Å²) in [6, 6.07) is 12.3. The number of aliphatic hydroxyl groups excluding tert-OH is 1. The van der Waals surface area contributed by atoms with Crippen LogP contribution in [0.1, 0.15) is 88.1 Å². The summed E-state index contributed by atoms with van der Waals surface area (Å²) in [5, 5.41) is 26.6. The summed E-state index contributed by atoms with van der Waals surface area (Å²) in [4.78, 5) is 30.5. The number of amides is 2. The fourth-order valence-electron chi connectivity index (χ4n) is 4.34. The average molecular weight is 763 g/mol. The van der Waals surface area contributed by atoms with Gasteiger partial charge in [0.2, 0.25) is 5.91 Å². The fourth-order valence-corrected chi connectivity index (χ4v) is 5.07. The van der Waals surface area contributed by atoms with Gasteiger partial charge in [0.05, 0.1) is 12.3 Å². The molecule has 0 aliphatic carbocycles. The number of rotatable bonds is 16. The van der Waals surface area contributed by atoms with Crippen molar-refractivity contribution in [3.05, 3.63) is 68.7 Å². The molecule has 0 saturated heterocycles. The van der Waals surface area contributed by atoms with E-state index in [0.717, 1.165) is 38.4 Å². The van der Waals surface area contributed by atoms with Gasteiger partial charge in [0.15, 0.2) is 12.4 Å². The van der Waals surface area contributed by atoms with Crippen molar-refractivity contribution in [1.29, 1.82) is 0 Å². The first-order valence-corrected chi connectivity index (χ1v) is 17.6. The van der Waals surface area contributed by atoms with E-state index in [9.17, 15) is 9.59 Å². The Kier molecular flexibility index (Phi) is 29.0. The van der Waals surface area contributed by atoms with E-state index in [1.807, 2.05) is 12.1 Å². The van der Waals surface area contributed by atoms with Gasteiger partial charge in [-0.2, -0.15) is 0 Å². The SMILES string of the molecule is CCC(N)CC.CCCC(C)CC(=O)NC.CN(C/C(=N\OC/C(N)=N/O)C(CCN)c1cccc(Cl)c1)C(=O)c1cc(Cl)cc(Cl)c1.CO. The molecule has 2 rings (SSSR count). The molecule has 0 bridgehead atoms. The summed E-state index contributed by atoms with van der Waals surface area (Å²) in [6.07, 6.45) is 5.72. The van der Waals surface area contributed by atoms with E-state index in [2.05, 4.69) is 43.3 Å². The smallest absolute Gasteiger partial charge is 0.254 e. The largest absolute Gasteiger partial charge is 0.409 e. The first-order valence-electron chi connectivity index (χ1n) is 16.5. The van der Waals surface area contributed by atoms with E-state index >= 15 is 0 Å². The molecule has 0 saturated carbocycles. The highest BCUT2D eigenvalue weighted by Gasteiger charge is 2.23. The lowest BCUT2D eigenvalue weighted by molar-refractivity contribution is -0.121. The van der Waals surface area contributed by atoms with Crippen LogP contribution in [0.25, 0.3) is 0 Å². The third kappa shape index (κ3) is 21.8. The van der Waals surface area contributed by atoms with E-state index in [1.54, 1.807) is 32.3 Å². The molecule has 2 atom stereocenters. The number of amidine groups is 1. The number of benzene rings is 2. The molecule has 9 N–H and O–H groups in total. The third-order valence-corrected chi connectivity index (χ3v) is 7.80. The molecule has 2 aromatic carbocycles. The predicted octanol–water partition coefficient (Wildman–Crippen LogP) is 6.27. The molecule has 0 aromatic heterocycles. The Hall–Kier alpha value is -3.13. The van der Waals surface area contributed by atoms with Crippen molar-refractivity contribution in [2.24, 2.45) is 33.4 Å². The summed E-state index contributed by atoms with van der Waals surface area (Å²) in [6.45, 7) is 8.70. The Balaban J connectivity index is 0. The zero-order chi connectivity index (χ0) is 38.6. The van der Waals surface area contributed by atoms with E-state index in [0.29, 0.717) is 57.7 Å². The predicted molar refractivity (Wildman–Crippen MR) is 208 cm³/mol. The van der Waals surface area contributed by atoms with Crippen LogP contribution in [-0.4, -0.2) is 85.5 Å². The van der Waals surface area contributed by atoms with Crippen LogP contribution in [-0.2, 0) is 9.63 Å². The summed E-state index contributed by atoms with van der Waals surface area (Å²) in [7, 11) is 4.30. The number of aliphatic hydroxyl groups is 1. The lowest BCUT2D eigenvalue weighted by Crippen LogP contribution is -2.35. The minimum Gasteiger partial charge on any atom is -0.409 e. The van der Waals surface area contributed by atoms with Crippen molar-refractivity contribution in [2.75, 3.05) is 40.9 Å². The Labute approximate surface area is 313 Å². The van der Waals surface area contributed by atoms with Crippen LogP contribution in [0.5, 0.6) is 0 Å². The first kappa shape index (κ1) is 49.0. The number of hydrogen-bond donors (Lipinski definition) is 6. The van der Waals surface area contributed by atoms with Crippen molar-refractivity contribution < 1.29 is 24.7 Å². The lowest BCUT2D eigenvalue weighted by Gasteiger charge is -2.24. The van der Waals surface area contributed by atoms with Crippen molar-refractivity contribution in [1.82, 2.24) is 10.2 Å². The molecular formula is C35H58Cl3N7O5. The van der Waals surface area contributed by atoms with Crippen LogP contribution in [0.2, 0.25) is 15.1 Å². The topological polar surface area (TPSA) is 202 Å². The highest BCUT2D eigenvalue weighted by molar-refractivity contribution is 6.35. The number of halogens is 3. The van der Waals surface area contributed by atoms with Crippen LogP contribution in [0.15, 0.2) is 52.8 Å². The molecule has 0 heterocycles. The normalized spacial score (nSPS) is 12.2. The maximum Gasteiger partial charge on any atom is 0.254 e. The number of nitrogens with zero attached hydrogens (tertiary/aromatic N) is 3. The molecule has 0 aliphatic rings. The van der Waals surface area contributed by atoms with Gasteiger partial charge in [-0.3, -0.25) is 9.59 Å². The molecule has 2 unspecified atom stereocenters. The number of carbonyl (C=O) groups excluding carboxylic acids is 2. The number of oxime groups is 2. The maximum atomic E-state index is 13.0. The Bertz CT molecular complexity index is 1280. The summed E-state index contributed by atoms with van der Waals surface area (Å²) < 4.78 is 0. The van der Waals surface area contributed by atoms with Gasteiger partial charge in [-0.15, -0.1) is 0 Å². The standard InChI is InChI=1S/C21H24Cl3N5O3.C8H17NO.C5H13N.CH4O/c1-29(21(30)14-8-16(23)10-17(24)9-14)11-19(28-32-12-20(26)27-31)18(5-6-25)13-3-2-4-15(22)7-13;1-4-5-7(2)6-8(10)9-3;1-3-5(6)4-2;1-2/h2-4,7-10,18,31H,5-6,11-12,25H2,1H3,(H2,26,27);7H,4-6H2,1-3H3,(H,9,10);5H,3-4,6H2,1-2H3;2H,1H3/b28-19+;;;. The van der Waals surface area contributed by atoms with Crippen molar-refractivity contribution in [3.8, 4) is 0 Å². The second-order valence-corrected chi connectivity index (χ2v) is 12.6. The number of nitrogens with two attached hydrogens (primary N) is 3. The van der Waals surface area contributed by atoms with Gasteiger partial charge in [-0.05, 0) is 67.6 Å². The molecular weight excluding hydrogens is 705 g/mol. The summed E-state index contributed by atoms with van der Waals surface area (Å²) in [5.74, 6) is -0.0598. The van der Waals surface area contributed by atoms with Gasteiger partial charge in [-0.25, -0.2) is 0 Å². The second-order valence-electron chi connectivity index (χ2n) is 11.3. The lowest BCUT2D eigenvalue weighted by atomic mass is 9.90. The zero-order valence-electron chi connectivity index (χ0n) is 30.5. The van der Waals surface area contributed by atoms with Gasteiger partial charge in [-0.1, -0.05) is 97.8 Å². The molecule has 0 aliphatic heterocycles. The minimum absolute atomic E-state index is 0.107. The third-order valence-electron chi connectivity index (χ3n) is 7.13. The van der Waals surface area contributed by atoms with Crippen LogP contribution < -0.4 is 22.5 Å². The van der Waals surface area contributed by atoms with Crippen molar-refractivity contribution >= 4 is 58.2 Å². The van der Waals surface area contributed by atoms with Crippen LogP contribution in [0.3, 0.4) is 0 Å². The van der Waals surface area contributed by atoms with Gasteiger partial charge in [0, 0.05) is 60.2 Å². The monoisotopic (exact) mass is 761 g/mol. The molecule has 50 heavy (non-hydrogen) atoms. The van der Waals surface area contributed by atoms with Crippen LogP contribution in [0.4, 0.5) is 0 Å². The number of nitrogens with one attached hydrogen (secondary N) is 1. The fraction of sp³-hybridized carbons (Fsp3) is 0.543. The molecule has 284 valence electrons.